The van der Waals surface area contributed by atoms with Gasteiger partial charge >= 0.3 is 0 Å². The Morgan fingerprint density at radius 1 is 1.20 bits per heavy atom. The smallest absolute Gasteiger partial charge is 0.225 e. The first-order valence-electron chi connectivity index (χ1n) is 14.8. The second kappa shape index (κ2) is 12.5. The Kier molecular flexibility index (Phi) is 8.78. The lowest BCUT2D eigenvalue weighted by Crippen LogP contribution is -2.37. The summed E-state index contributed by atoms with van der Waals surface area (Å²) in [5, 5.41) is 4.21. The van der Waals surface area contributed by atoms with E-state index in [9.17, 15) is 9.59 Å². The molecule has 0 unspecified atom stereocenters. The number of fused-ring (bicyclic) bond motifs is 1. The van der Waals surface area contributed by atoms with Gasteiger partial charge in [-0.3, -0.25) is 14.6 Å². The van der Waals surface area contributed by atoms with Crippen molar-refractivity contribution in [2.24, 2.45) is 11.3 Å². The molecule has 2 atom stereocenters. The molecule has 3 aromatic rings. The number of pyridine rings is 2. The van der Waals surface area contributed by atoms with Crippen LogP contribution in [0.15, 0.2) is 35.1 Å². The molecular weight excluding hydrogens is 506 g/mol. The van der Waals surface area contributed by atoms with Gasteiger partial charge in [0.2, 0.25) is 17.7 Å². The van der Waals surface area contributed by atoms with Crippen LogP contribution in [0.25, 0.3) is 22.2 Å². The molecule has 40 heavy (non-hydrogen) atoms. The number of nitrogens with zero attached hydrogens (tertiary/aromatic N) is 4. The van der Waals surface area contributed by atoms with Gasteiger partial charge in [-0.05, 0) is 69.3 Å². The van der Waals surface area contributed by atoms with E-state index in [-0.39, 0.29) is 23.3 Å². The number of hydrogen-bond donors (Lipinski definition) is 1. The van der Waals surface area contributed by atoms with Gasteiger partial charge in [0.1, 0.15) is 11.8 Å². The van der Waals surface area contributed by atoms with E-state index in [4.69, 9.17) is 9.15 Å². The summed E-state index contributed by atoms with van der Waals surface area (Å²) >= 11 is 0. The lowest BCUT2D eigenvalue weighted by molar-refractivity contribution is -0.124. The van der Waals surface area contributed by atoms with Crippen molar-refractivity contribution in [2.75, 3.05) is 26.7 Å². The Labute approximate surface area is 236 Å². The zero-order valence-corrected chi connectivity index (χ0v) is 23.9. The number of carbonyl (C=O) groups excluding carboxylic acids is 2. The highest BCUT2D eigenvalue weighted by atomic mass is 16.5. The van der Waals surface area contributed by atoms with Gasteiger partial charge < -0.3 is 19.4 Å². The average Bonchev–Trinajstić information content (AvgIpc) is 3.46. The molecule has 0 bridgehead atoms. The molecule has 1 saturated heterocycles. The molecule has 9 heteroatoms. The molecule has 1 amide bonds. The highest BCUT2D eigenvalue weighted by Crippen LogP contribution is 2.59. The van der Waals surface area contributed by atoms with Crippen molar-refractivity contribution in [1.82, 2.24) is 25.2 Å². The number of rotatable bonds is 13. The summed E-state index contributed by atoms with van der Waals surface area (Å²) in [5.74, 6) is 1.92. The van der Waals surface area contributed by atoms with Crippen LogP contribution in [0.5, 0.6) is 5.88 Å². The minimum atomic E-state index is -0.333. The molecule has 1 spiro atoms. The maximum atomic E-state index is 13.5. The van der Waals surface area contributed by atoms with Gasteiger partial charge in [0.25, 0.3) is 0 Å². The zero-order chi connectivity index (χ0) is 28.1. The first-order valence-corrected chi connectivity index (χ1v) is 14.8. The van der Waals surface area contributed by atoms with Gasteiger partial charge in [-0.1, -0.05) is 26.7 Å². The second-order valence-electron chi connectivity index (χ2n) is 11.3. The highest BCUT2D eigenvalue weighted by molar-refractivity contribution is 5.84. The van der Waals surface area contributed by atoms with Gasteiger partial charge in [0, 0.05) is 30.3 Å². The Bertz CT molecular complexity index is 1330. The fourth-order valence-corrected chi connectivity index (χ4v) is 6.04. The molecule has 1 aliphatic carbocycles. The molecule has 1 N–H and O–H groups in total. The topological polar surface area (TPSA) is 110 Å². The lowest BCUT2D eigenvalue weighted by atomic mass is 9.90. The van der Waals surface area contributed by atoms with Crippen LogP contribution >= 0.6 is 0 Å². The third-order valence-corrected chi connectivity index (χ3v) is 8.83. The Morgan fingerprint density at radius 3 is 2.77 bits per heavy atom. The standard InChI is InChI=1S/C31H41N5O4/c1-4-22(37)9-7-6-8-10-25(34-28(38)24-18-31(24)12-15-36(5-2)16-13-31)30-33-20-27(40-30)23-17-21-11-14-32-19-26(21)35-29(23)39-3/h11,14,17,19-20,24-25H,4-10,12-13,15-16,18H2,1-3H3,(H,34,38)/t24-,25+/m1/s1. The van der Waals surface area contributed by atoms with Crippen molar-refractivity contribution < 1.29 is 18.7 Å². The van der Waals surface area contributed by atoms with E-state index in [0.717, 1.165) is 69.1 Å². The van der Waals surface area contributed by atoms with Crippen LogP contribution in [0.2, 0.25) is 0 Å². The van der Waals surface area contributed by atoms with Gasteiger partial charge in [-0.15, -0.1) is 0 Å². The van der Waals surface area contributed by atoms with Gasteiger partial charge in [0.15, 0.2) is 5.76 Å². The number of carbonyl (C=O) groups is 2. The first kappa shape index (κ1) is 28.2. The van der Waals surface area contributed by atoms with Crippen molar-refractivity contribution in [3.63, 3.8) is 0 Å². The van der Waals surface area contributed by atoms with E-state index in [1.54, 1.807) is 25.7 Å². The number of Topliss-reactive ketones (excluding diaryl/α,β-unsaturated/α-hetero) is 1. The molecule has 5 rings (SSSR count). The molecule has 4 heterocycles. The lowest BCUT2D eigenvalue weighted by Gasteiger charge is -2.32. The quantitative estimate of drug-likeness (QED) is 0.279. The summed E-state index contributed by atoms with van der Waals surface area (Å²) in [6, 6.07) is 3.52. The number of methoxy groups -OCH3 is 1. The number of likely N-dealkylation sites (tertiary alicyclic amines) is 1. The minimum absolute atomic E-state index is 0.0593. The van der Waals surface area contributed by atoms with E-state index in [1.807, 2.05) is 19.1 Å². The van der Waals surface area contributed by atoms with Crippen LogP contribution in [0.3, 0.4) is 0 Å². The Morgan fingerprint density at radius 2 is 2.02 bits per heavy atom. The first-order chi connectivity index (χ1) is 19.5. The molecule has 214 valence electrons. The Balaban J connectivity index is 1.31. The number of ether oxygens (including phenoxy) is 1. The molecule has 1 aliphatic heterocycles. The summed E-state index contributed by atoms with van der Waals surface area (Å²) in [4.78, 5) is 41.0. The van der Waals surface area contributed by atoms with Gasteiger partial charge in [-0.2, -0.15) is 0 Å². The number of amides is 1. The minimum Gasteiger partial charge on any atom is -0.480 e. The van der Waals surface area contributed by atoms with Crippen molar-refractivity contribution in [3.05, 3.63) is 36.6 Å². The third-order valence-electron chi connectivity index (χ3n) is 8.83. The molecule has 9 nitrogen and oxygen atoms in total. The van der Waals surface area contributed by atoms with Crippen molar-refractivity contribution in [3.8, 4) is 17.2 Å². The molecule has 2 aliphatic rings. The monoisotopic (exact) mass is 547 g/mol. The van der Waals surface area contributed by atoms with E-state index >= 15 is 0 Å². The fourth-order valence-electron chi connectivity index (χ4n) is 6.04. The number of ketones is 1. The number of unbranched alkanes of at least 4 members (excludes halogenated alkanes) is 2. The molecule has 3 aromatic heterocycles. The van der Waals surface area contributed by atoms with Gasteiger partial charge in [-0.25, -0.2) is 9.97 Å². The summed E-state index contributed by atoms with van der Waals surface area (Å²) < 4.78 is 11.8. The zero-order valence-electron chi connectivity index (χ0n) is 23.9. The number of oxazole rings is 1. The summed E-state index contributed by atoms with van der Waals surface area (Å²) in [5.41, 5.74) is 1.59. The molecule has 0 aromatic carbocycles. The second-order valence-corrected chi connectivity index (χ2v) is 11.3. The van der Waals surface area contributed by atoms with Crippen LogP contribution in [-0.2, 0) is 9.59 Å². The van der Waals surface area contributed by atoms with E-state index in [2.05, 4.69) is 32.1 Å². The van der Waals surface area contributed by atoms with Crippen LogP contribution < -0.4 is 10.1 Å². The normalized spacial score (nSPS) is 19.0. The van der Waals surface area contributed by atoms with Crippen LogP contribution in [0.1, 0.15) is 83.6 Å². The highest BCUT2D eigenvalue weighted by Gasteiger charge is 2.58. The van der Waals surface area contributed by atoms with Crippen molar-refractivity contribution in [1.29, 1.82) is 0 Å². The fraction of sp³-hybridized carbons (Fsp3) is 0.581. The van der Waals surface area contributed by atoms with Crippen LogP contribution in [0, 0.1) is 11.3 Å². The third kappa shape index (κ3) is 6.19. The van der Waals surface area contributed by atoms with Crippen molar-refractivity contribution >= 4 is 22.6 Å². The summed E-state index contributed by atoms with van der Waals surface area (Å²) in [6.07, 6.45) is 12.8. The van der Waals surface area contributed by atoms with E-state index in [1.165, 1.54) is 0 Å². The van der Waals surface area contributed by atoms with Crippen LogP contribution in [-0.4, -0.2) is 58.3 Å². The molecule has 2 fully saturated rings. The molecular formula is C31H41N5O4. The summed E-state index contributed by atoms with van der Waals surface area (Å²) in [7, 11) is 1.58. The maximum absolute atomic E-state index is 13.5. The largest absolute Gasteiger partial charge is 0.480 e. The SMILES string of the molecule is CCC(=O)CCCCC[C@H](NC(=O)[C@H]1CC12CCN(CC)CC2)c1ncc(-c2cc3ccncc3nc2OC)o1. The number of nitrogens with one attached hydrogen (secondary N) is 1. The van der Waals surface area contributed by atoms with Crippen LogP contribution in [0.4, 0.5) is 0 Å². The van der Waals surface area contributed by atoms with Crippen molar-refractivity contribution in [2.45, 2.75) is 77.7 Å². The number of hydrogen-bond acceptors (Lipinski definition) is 8. The number of piperidine rings is 1. The summed E-state index contributed by atoms with van der Waals surface area (Å²) in [6.45, 7) is 7.31. The molecule has 0 radical (unpaired) electrons. The maximum Gasteiger partial charge on any atom is 0.225 e. The Hall–Kier alpha value is -3.33. The van der Waals surface area contributed by atoms with E-state index < -0.39 is 0 Å². The average molecular weight is 548 g/mol. The van der Waals surface area contributed by atoms with E-state index in [0.29, 0.717) is 48.1 Å². The molecule has 1 saturated carbocycles. The predicted octanol–water partition coefficient (Wildman–Crippen LogP) is 5.50. The predicted molar refractivity (Wildman–Crippen MR) is 153 cm³/mol. The number of aromatic nitrogens is 3. The van der Waals surface area contributed by atoms with Gasteiger partial charge in [0.05, 0.1) is 30.6 Å².